The quantitative estimate of drug-likeness (QED) is 0.191. The number of carbonyl (C=O) groups excluding carboxylic acids is 3. The number of hydrogen-bond acceptors (Lipinski definition) is 9. The zero-order valence-corrected chi connectivity index (χ0v) is 27.9. The number of amides is 2. The molecule has 0 saturated heterocycles. The Kier molecular flexibility index (Phi) is 14.0. The van der Waals surface area contributed by atoms with Crippen molar-refractivity contribution >= 4 is 23.3 Å². The summed E-state index contributed by atoms with van der Waals surface area (Å²) in [5.74, 6) is -0.351. The molecule has 1 aliphatic rings. The molecule has 254 valence electrons. The predicted molar refractivity (Wildman–Crippen MR) is 178 cm³/mol. The molecule has 1 aromatic heterocycles. The molecule has 1 N–H and O–H groups in total. The number of ketones is 1. The van der Waals surface area contributed by atoms with Crippen LogP contribution < -0.4 is 10.2 Å². The summed E-state index contributed by atoms with van der Waals surface area (Å²) < 4.78 is 24.0. The molecule has 4 rings (SSSR count). The van der Waals surface area contributed by atoms with Crippen molar-refractivity contribution in [3.05, 3.63) is 54.1 Å². The van der Waals surface area contributed by atoms with Crippen LogP contribution in [0.5, 0.6) is 0 Å². The molecule has 47 heavy (non-hydrogen) atoms. The van der Waals surface area contributed by atoms with Gasteiger partial charge in [-0.15, -0.1) is 5.10 Å². The highest BCUT2D eigenvalue weighted by atomic mass is 16.5. The first-order valence-electron chi connectivity index (χ1n) is 16.3. The molecule has 2 amide bonds. The molecule has 1 aliphatic heterocycles. The van der Waals surface area contributed by atoms with Crippen molar-refractivity contribution in [1.29, 1.82) is 0 Å². The minimum Gasteiger partial charge on any atom is -0.377 e. The summed E-state index contributed by atoms with van der Waals surface area (Å²) in [7, 11) is 0. The number of nitrogens with one attached hydrogen (secondary N) is 1. The van der Waals surface area contributed by atoms with E-state index in [1.165, 1.54) is 0 Å². The van der Waals surface area contributed by atoms with Crippen molar-refractivity contribution in [2.45, 2.75) is 59.7 Å². The first kappa shape index (κ1) is 35.9. The van der Waals surface area contributed by atoms with Gasteiger partial charge in [-0.05, 0) is 25.5 Å². The fourth-order valence-corrected chi connectivity index (χ4v) is 5.06. The second kappa shape index (κ2) is 18.4. The first-order valence-corrected chi connectivity index (χ1v) is 16.3. The van der Waals surface area contributed by atoms with E-state index in [1.54, 1.807) is 4.90 Å². The number of hydrogen-bond donors (Lipinski definition) is 1. The zero-order chi connectivity index (χ0) is 33.6. The lowest BCUT2D eigenvalue weighted by atomic mass is 9.95. The van der Waals surface area contributed by atoms with Crippen LogP contribution in [0.25, 0.3) is 22.5 Å². The third-order valence-electron chi connectivity index (χ3n) is 7.61. The maximum atomic E-state index is 13.7. The molecule has 0 fully saturated rings. The van der Waals surface area contributed by atoms with Crippen molar-refractivity contribution in [3.8, 4) is 22.5 Å². The van der Waals surface area contributed by atoms with Gasteiger partial charge in [-0.25, -0.2) is 4.68 Å². The third-order valence-corrected chi connectivity index (χ3v) is 7.61. The summed E-state index contributed by atoms with van der Waals surface area (Å²) in [6.45, 7) is 11.3. The summed E-state index contributed by atoms with van der Waals surface area (Å²) in [4.78, 5) is 39.7. The summed E-state index contributed by atoms with van der Waals surface area (Å²) in [6, 6.07) is 15.5. The Hall–Kier alpha value is -3.97. The Morgan fingerprint density at radius 1 is 0.830 bits per heavy atom. The van der Waals surface area contributed by atoms with Gasteiger partial charge in [0.2, 0.25) is 11.8 Å². The molecule has 0 radical (unpaired) electrons. The molecule has 0 saturated carbocycles. The topological polar surface area (TPSA) is 134 Å². The molecule has 12 nitrogen and oxygen atoms in total. The number of ether oxygens (including phenoxy) is 4. The van der Waals surface area contributed by atoms with Crippen molar-refractivity contribution in [1.82, 2.24) is 20.3 Å². The van der Waals surface area contributed by atoms with Crippen LogP contribution in [-0.4, -0.2) is 91.5 Å². The molecule has 2 aromatic carbocycles. The Balaban J connectivity index is 1.40. The maximum absolute atomic E-state index is 13.7. The van der Waals surface area contributed by atoms with Gasteiger partial charge in [0.1, 0.15) is 12.3 Å². The minimum absolute atomic E-state index is 0.0519. The van der Waals surface area contributed by atoms with Crippen molar-refractivity contribution < 1.29 is 33.3 Å². The van der Waals surface area contributed by atoms with E-state index in [2.05, 4.69) is 15.6 Å². The summed E-state index contributed by atoms with van der Waals surface area (Å²) >= 11 is 0. The van der Waals surface area contributed by atoms with Gasteiger partial charge in [0.05, 0.1) is 70.2 Å². The van der Waals surface area contributed by atoms with E-state index in [1.807, 2.05) is 80.9 Å². The Labute approximate surface area is 276 Å². The molecule has 3 aromatic rings. The van der Waals surface area contributed by atoms with Gasteiger partial charge in [0.25, 0.3) is 0 Å². The number of nitrogens with zero attached hydrogens (tertiary/aromatic N) is 4. The summed E-state index contributed by atoms with van der Waals surface area (Å²) in [6.07, 6.45) is 0.269. The normalized spacial score (nSPS) is 12.3. The second-order valence-corrected chi connectivity index (χ2v) is 11.8. The average Bonchev–Trinajstić information content (AvgIpc) is 3.47. The van der Waals surface area contributed by atoms with Crippen LogP contribution in [0, 0.1) is 5.92 Å². The van der Waals surface area contributed by atoms with Gasteiger partial charge in [-0.1, -0.05) is 61.5 Å². The van der Waals surface area contributed by atoms with Crippen LogP contribution >= 0.6 is 0 Å². The molecule has 0 unspecified atom stereocenters. The van der Waals surface area contributed by atoms with E-state index >= 15 is 0 Å². The van der Waals surface area contributed by atoms with Gasteiger partial charge in [-0.2, -0.15) is 0 Å². The van der Waals surface area contributed by atoms with Crippen LogP contribution in [0.4, 0.5) is 5.69 Å². The van der Waals surface area contributed by atoms with E-state index < -0.39 is 0 Å². The fourth-order valence-electron chi connectivity index (χ4n) is 5.06. The highest BCUT2D eigenvalue weighted by Gasteiger charge is 2.29. The zero-order valence-electron chi connectivity index (χ0n) is 27.9. The van der Waals surface area contributed by atoms with Crippen LogP contribution in [0.3, 0.4) is 0 Å². The number of Topliss-reactive ketones (excluding diaryl/α,β-unsaturated/α-hetero) is 1. The number of fused-ring (bicyclic) bond motifs is 5. The highest BCUT2D eigenvalue weighted by Crippen LogP contribution is 2.41. The monoisotopic (exact) mass is 649 g/mol. The number of para-hydroxylation sites is 1. The van der Waals surface area contributed by atoms with Crippen molar-refractivity contribution in [2.24, 2.45) is 5.92 Å². The lowest BCUT2D eigenvalue weighted by molar-refractivity contribution is -0.127. The van der Waals surface area contributed by atoms with Crippen LogP contribution in [0.2, 0.25) is 0 Å². The van der Waals surface area contributed by atoms with Crippen molar-refractivity contribution in [2.75, 3.05) is 57.7 Å². The first-order chi connectivity index (χ1) is 22.8. The van der Waals surface area contributed by atoms with Crippen LogP contribution in [0.15, 0.2) is 48.5 Å². The minimum atomic E-state index is -0.204. The van der Waals surface area contributed by atoms with E-state index in [0.717, 1.165) is 22.4 Å². The number of benzene rings is 2. The highest BCUT2D eigenvalue weighted by molar-refractivity contribution is 6.01. The van der Waals surface area contributed by atoms with Crippen LogP contribution in [0.1, 0.15) is 46.1 Å². The van der Waals surface area contributed by atoms with Gasteiger partial charge in [-0.3, -0.25) is 14.4 Å². The van der Waals surface area contributed by atoms with E-state index in [4.69, 9.17) is 18.9 Å². The molecule has 0 bridgehead atoms. The third kappa shape index (κ3) is 10.5. The Morgan fingerprint density at radius 2 is 1.53 bits per heavy atom. The molecule has 12 heteroatoms. The fraction of sp³-hybridized carbons (Fsp3) is 0.514. The molecule has 2 heterocycles. The summed E-state index contributed by atoms with van der Waals surface area (Å²) in [5.41, 5.74) is 4.86. The largest absolute Gasteiger partial charge is 0.377 e. The number of carbonyl (C=O) groups is 3. The Morgan fingerprint density at radius 3 is 2.32 bits per heavy atom. The summed E-state index contributed by atoms with van der Waals surface area (Å²) in [5, 5.41) is 11.9. The van der Waals surface area contributed by atoms with Gasteiger partial charge in [0, 0.05) is 36.4 Å². The van der Waals surface area contributed by atoms with Gasteiger partial charge < -0.3 is 29.2 Å². The maximum Gasteiger partial charge on any atom is 0.227 e. The molecule has 0 aliphatic carbocycles. The smallest absolute Gasteiger partial charge is 0.227 e. The second-order valence-electron chi connectivity index (χ2n) is 11.8. The molecular formula is C35H47N5O7. The molecule has 0 spiro atoms. The molecule has 0 atom stereocenters. The predicted octanol–water partition coefficient (Wildman–Crippen LogP) is 4.06. The number of rotatable bonds is 19. The average molecular weight is 650 g/mol. The SMILES string of the molecule is CC(C)OCCOCCNC(=O)CCC(=O)N1Cc2ccccc2-c2c(nnn2CCOCCOCC(=O)C(C)C)-c2ccccc21. The standard InChI is InChI=1S/C35H47N5O7/c1-25(2)31(41)24-46-20-19-45-18-16-40-35-28-10-6-5-9-27(28)23-39(30-12-8-7-11-29(30)34(35)37-38-40)33(43)14-13-32(42)36-15-17-44-21-22-47-26(3)4/h5-12,25-26H,13-24H2,1-4H3,(H,36,42). The Bertz CT molecular complexity index is 1470. The number of aromatic nitrogens is 3. The van der Waals surface area contributed by atoms with E-state index in [-0.39, 0.29) is 49.1 Å². The van der Waals surface area contributed by atoms with Crippen molar-refractivity contribution in [3.63, 3.8) is 0 Å². The lowest BCUT2D eigenvalue weighted by Crippen LogP contribution is -2.34. The number of anilines is 1. The van der Waals surface area contributed by atoms with E-state index in [0.29, 0.717) is 70.7 Å². The van der Waals surface area contributed by atoms with E-state index in [9.17, 15) is 14.4 Å². The lowest BCUT2D eigenvalue weighted by Gasteiger charge is -2.28. The molecular weight excluding hydrogens is 602 g/mol. The van der Waals surface area contributed by atoms with Crippen LogP contribution in [-0.2, 0) is 46.4 Å². The van der Waals surface area contributed by atoms with Gasteiger partial charge >= 0.3 is 0 Å². The van der Waals surface area contributed by atoms with Gasteiger partial charge in [0.15, 0.2) is 5.78 Å².